The van der Waals surface area contributed by atoms with Crippen molar-refractivity contribution >= 4 is 18.2 Å². The fraction of sp³-hybridized carbons (Fsp3) is 0.464. The highest BCUT2D eigenvalue weighted by atomic mass is 16.7. The highest BCUT2D eigenvalue weighted by Gasteiger charge is 2.15. The van der Waals surface area contributed by atoms with Gasteiger partial charge in [0.25, 0.3) is 0 Å². The van der Waals surface area contributed by atoms with Gasteiger partial charge in [-0.3, -0.25) is 14.4 Å². The lowest BCUT2D eigenvalue weighted by atomic mass is 10.2. The SMILES string of the molecule is CCC(CC(=O)OCc1ccccc1)OC.CCC(CC(=O)OCc1ccccc1)ON[C@@H](C)C=O. The number of methoxy groups -OCH3 is 1. The Morgan fingerprint density at radius 1 is 0.806 bits per heavy atom. The number of hydroxylamine groups is 1. The second kappa shape index (κ2) is 19.2. The van der Waals surface area contributed by atoms with Crippen LogP contribution in [-0.2, 0) is 46.6 Å². The highest BCUT2D eigenvalue weighted by Crippen LogP contribution is 2.08. The molecule has 1 N–H and O–H groups in total. The molecule has 0 aliphatic heterocycles. The van der Waals surface area contributed by atoms with E-state index in [9.17, 15) is 14.4 Å². The lowest BCUT2D eigenvalue weighted by Crippen LogP contribution is -2.33. The molecule has 0 heterocycles. The van der Waals surface area contributed by atoms with E-state index in [0.29, 0.717) is 19.4 Å². The zero-order chi connectivity index (χ0) is 26.6. The van der Waals surface area contributed by atoms with Crippen LogP contribution in [0, 0.1) is 0 Å². The van der Waals surface area contributed by atoms with E-state index >= 15 is 0 Å². The van der Waals surface area contributed by atoms with E-state index in [2.05, 4.69) is 5.48 Å². The van der Waals surface area contributed by atoms with E-state index in [1.165, 1.54) is 0 Å². The standard InChI is InChI=1S/C15H21NO4.C13H18O3/c1-3-14(20-16-12(2)10-17)9-15(18)19-11-13-7-5-4-6-8-13;1-3-12(15-2)9-13(14)16-10-11-7-5-4-6-8-11/h4-8,10,12,14,16H,3,9,11H2,1-2H3;4-8,12H,3,9-10H2,1-2H3/t12-,14?;/m0./s1. The number of hydrogen-bond acceptors (Lipinski definition) is 8. The Kier molecular flexibility index (Phi) is 16.5. The third kappa shape index (κ3) is 14.4. The molecular weight excluding hydrogens is 462 g/mol. The smallest absolute Gasteiger partial charge is 0.308 e. The van der Waals surface area contributed by atoms with Crippen molar-refractivity contribution in [2.45, 2.75) is 77.9 Å². The number of aldehydes is 1. The van der Waals surface area contributed by atoms with Gasteiger partial charge in [-0.15, -0.1) is 0 Å². The summed E-state index contributed by atoms with van der Waals surface area (Å²) in [5.41, 5.74) is 4.53. The predicted octanol–water partition coefficient (Wildman–Crippen LogP) is 4.55. The van der Waals surface area contributed by atoms with Crippen LogP contribution in [0.5, 0.6) is 0 Å². The monoisotopic (exact) mass is 501 g/mol. The van der Waals surface area contributed by atoms with Gasteiger partial charge in [-0.25, -0.2) is 0 Å². The maximum Gasteiger partial charge on any atom is 0.308 e. The number of carbonyl (C=O) groups excluding carboxylic acids is 3. The van der Waals surface area contributed by atoms with Gasteiger partial charge in [-0.05, 0) is 30.9 Å². The van der Waals surface area contributed by atoms with E-state index in [4.69, 9.17) is 19.0 Å². The molecule has 0 aliphatic carbocycles. The summed E-state index contributed by atoms with van der Waals surface area (Å²) in [4.78, 5) is 38.9. The van der Waals surface area contributed by atoms with Crippen LogP contribution in [0.25, 0.3) is 0 Å². The average Bonchev–Trinajstić information content (AvgIpc) is 2.92. The topological polar surface area (TPSA) is 100 Å². The van der Waals surface area contributed by atoms with Crippen molar-refractivity contribution in [3.63, 3.8) is 0 Å². The van der Waals surface area contributed by atoms with Gasteiger partial charge in [0.1, 0.15) is 19.5 Å². The van der Waals surface area contributed by atoms with Crippen LogP contribution in [0.1, 0.15) is 57.6 Å². The van der Waals surface area contributed by atoms with Gasteiger partial charge in [-0.2, -0.15) is 5.48 Å². The molecule has 0 saturated carbocycles. The van der Waals surface area contributed by atoms with Gasteiger partial charge in [0.05, 0.1) is 31.1 Å². The second-order valence-electron chi connectivity index (χ2n) is 8.16. The number of hydrogen-bond donors (Lipinski definition) is 1. The molecule has 0 amide bonds. The van der Waals surface area contributed by atoms with Gasteiger partial charge < -0.3 is 19.0 Å². The van der Waals surface area contributed by atoms with Crippen molar-refractivity contribution in [1.82, 2.24) is 5.48 Å². The lowest BCUT2D eigenvalue weighted by molar-refractivity contribution is -0.151. The van der Waals surface area contributed by atoms with Crippen LogP contribution < -0.4 is 5.48 Å². The molecule has 0 aliphatic rings. The lowest BCUT2D eigenvalue weighted by Gasteiger charge is -2.17. The Hall–Kier alpha value is -3.07. The van der Waals surface area contributed by atoms with Crippen LogP contribution in [0.3, 0.4) is 0 Å². The van der Waals surface area contributed by atoms with E-state index in [1.54, 1.807) is 14.0 Å². The van der Waals surface area contributed by atoms with Crippen molar-refractivity contribution < 1.29 is 33.4 Å². The Morgan fingerprint density at radius 2 is 1.25 bits per heavy atom. The summed E-state index contributed by atoms with van der Waals surface area (Å²) < 4.78 is 15.4. The zero-order valence-electron chi connectivity index (χ0n) is 21.7. The minimum absolute atomic E-state index is 0.0386. The quantitative estimate of drug-likeness (QED) is 0.216. The van der Waals surface area contributed by atoms with Gasteiger partial charge >= 0.3 is 11.9 Å². The summed E-state index contributed by atoms with van der Waals surface area (Å²) in [6, 6.07) is 18.7. The van der Waals surface area contributed by atoms with Crippen molar-refractivity contribution in [3.8, 4) is 0 Å². The fourth-order valence-electron chi connectivity index (χ4n) is 2.86. The third-order valence-electron chi connectivity index (χ3n) is 5.14. The molecule has 0 bridgehead atoms. The molecular formula is C28H39NO7. The molecule has 8 heteroatoms. The van der Waals surface area contributed by atoms with E-state index in [-0.39, 0.29) is 37.2 Å². The summed E-state index contributed by atoms with van der Waals surface area (Å²) in [6.07, 6.45) is 2.34. The maximum atomic E-state index is 11.7. The van der Waals surface area contributed by atoms with Crippen molar-refractivity contribution in [2.75, 3.05) is 7.11 Å². The van der Waals surface area contributed by atoms with Crippen LogP contribution in [0.15, 0.2) is 60.7 Å². The van der Waals surface area contributed by atoms with Crippen LogP contribution in [0.4, 0.5) is 0 Å². The summed E-state index contributed by atoms with van der Waals surface area (Å²) in [5.74, 6) is -0.529. The van der Waals surface area contributed by atoms with E-state index in [0.717, 1.165) is 23.8 Å². The van der Waals surface area contributed by atoms with Gasteiger partial charge in [0.2, 0.25) is 0 Å². The molecule has 0 radical (unpaired) electrons. The third-order valence-corrected chi connectivity index (χ3v) is 5.14. The Labute approximate surface area is 214 Å². The first-order chi connectivity index (χ1) is 17.4. The first-order valence-corrected chi connectivity index (χ1v) is 12.2. The molecule has 198 valence electrons. The fourth-order valence-corrected chi connectivity index (χ4v) is 2.86. The number of carbonyl (C=O) groups is 3. The molecule has 0 saturated heterocycles. The van der Waals surface area contributed by atoms with Gasteiger partial charge in [-0.1, -0.05) is 74.5 Å². The van der Waals surface area contributed by atoms with Crippen LogP contribution in [-0.4, -0.2) is 43.6 Å². The summed E-state index contributed by atoms with van der Waals surface area (Å²) >= 11 is 0. The Balaban J connectivity index is 0.000000369. The van der Waals surface area contributed by atoms with Gasteiger partial charge in [0, 0.05) is 7.11 Å². The molecule has 0 aromatic heterocycles. The summed E-state index contributed by atoms with van der Waals surface area (Å²) in [5, 5.41) is 0. The highest BCUT2D eigenvalue weighted by molar-refractivity contribution is 5.70. The molecule has 2 aromatic rings. The predicted molar refractivity (Wildman–Crippen MR) is 137 cm³/mol. The number of nitrogens with one attached hydrogen (secondary N) is 1. The number of benzene rings is 2. The van der Waals surface area contributed by atoms with E-state index in [1.807, 2.05) is 74.5 Å². The minimum Gasteiger partial charge on any atom is -0.461 e. The molecule has 36 heavy (non-hydrogen) atoms. The Bertz CT molecular complexity index is 857. The summed E-state index contributed by atoms with van der Waals surface area (Å²) in [7, 11) is 1.61. The largest absolute Gasteiger partial charge is 0.461 e. The summed E-state index contributed by atoms with van der Waals surface area (Å²) in [6.45, 7) is 6.16. The number of esters is 2. The molecule has 2 unspecified atom stereocenters. The van der Waals surface area contributed by atoms with Crippen LogP contribution in [0.2, 0.25) is 0 Å². The van der Waals surface area contributed by atoms with Crippen molar-refractivity contribution in [2.24, 2.45) is 0 Å². The first-order valence-electron chi connectivity index (χ1n) is 12.2. The maximum absolute atomic E-state index is 11.7. The van der Waals surface area contributed by atoms with Gasteiger partial charge in [0.15, 0.2) is 0 Å². The first kappa shape index (κ1) is 31.0. The number of rotatable bonds is 15. The van der Waals surface area contributed by atoms with Crippen LogP contribution >= 0.6 is 0 Å². The Morgan fingerprint density at radius 3 is 1.64 bits per heavy atom. The average molecular weight is 502 g/mol. The molecule has 8 nitrogen and oxygen atoms in total. The van der Waals surface area contributed by atoms with E-state index < -0.39 is 6.04 Å². The van der Waals surface area contributed by atoms with Crippen molar-refractivity contribution in [1.29, 1.82) is 0 Å². The number of ether oxygens (including phenoxy) is 3. The zero-order valence-corrected chi connectivity index (χ0v) is 21.7. The molecule has 0 spiro atoms. The molecule has 2 aromatic carbocycles. The molecule has 3 atom stereocenters. The molecule has 0 fully saturated rings. The second-order valence-corrected chi connectivity index (χ2v) is 8.16. The normalized spacial score (nSPS) is 12.9. The van der Waals surface area contributed by atoms with Crippen molar-refractivity contribution in [3.05, 3.63) is 71.8 Å². The minimum atomic E-state index is -0.399. The molecule has 2 rings (SSSR count).